The normalized spacial score (nSPS) is 22.1. The Morgan fingerprint density at radius 1 is 1.39 bits per heavy atom. The highest BCUT2D eigenvalue weighted by molar-refractivity contribution is 7.88. The van der Waals surface area contributed by atoms with Gasteiger partial charge in [-0.2, -0.15) is 0 Å². The number of sulfonamides is 1. The molecule has 1 aliphatic rings. The van der Waals surface area contributed by atoms with Crippen LogP contribution in [0.1, 0.15) is 5.56 Å². The van der Waals surface area contributed by atoms with Crippen molar-refractivity contribution in [1.29, 1.82) is 0 Å². The van der Waals surface area contributed by atoms with E-state index in [4.69, 9.17) is 4.74 Å². The fourth-order valence-electron chi connectivity index (χ4n) is 2.59. The molecule has 1 saturated heterocycles. The summed E-state index contributed by atoms with van der Waals surface area (Å²) in [7, 11) is -3.42. The Morgan fingerprint density at radius 3 is 2.70 bits per heavy atom. The molecule has 1 aliphatic heterocycles. The molecule has 0 aromatic heterocycles. The van der Waals surface area contributed by atoms with Crippen molar-refractivity contribution in [3.63, 3.8) is 0 Å². The maximum atomic E-state index is 12.2. The van der Waals surface area contributed by atoms with Crippen LogP contribution in [0.15, 0.2) is 30.3 Å². The first-order valence-corrected chi connectivity index (χ1v) is 9.24. The first-order valence-electron chi connectivity index (χ1n) is 7.35. The fourth-order valence-corrected chi connectivity index (χ4v) is 2.97. The number of nitrogens with one attached hydrogen (secondary N) is 1. The predicted molar refractivity (Wildman–Crippen MR) is 85.3 cm³/mol. The average molecular weight is 342 g/mol. The second-order valence-corrected chi connectivity index (χ2v) is 7.59. The number of benzene rings is 1. The van der Waals surface area contributed by atoms with Crippen molar-refractivity contribution in [3.8, 4) is 0 Å². The van der Waals surface area contributed by atoms with Crippen molar-refractivity contribution in [2.75, 3.05) is 39.1 Å². The topological polar surface area (TPSA) is 95.9 Å². The van der Waals surface area contributed by atoms with E-state index in [9.17, 15) is 18.3 Å². The Balaban J connectivity index is 2.03. The lowest BCUT2D eigenvalue weighted by Gasteiger charge is -2.42. The molecule has 1 fully saturated rings. The lowest BCUT2D eigenvalue weighted by Crippen LogP contribution is -2.58. The molecule has 2 rings (SSSR count). The number of morpholine rings is 1. The quantitative estimate of drug-likeness (QED) is 0.717. The number of carbonyl (C=O) groups is 1. The van der Waals surface area contributed by atoms with Crippen LogP contribution < -0.4 is 4.72 Å². The molecule has 0 radical (unpaired) electrons. The minimum atomic E-state index is -3.42. The van der Waals surface area contributed by atoms with Crippen LogP contribution in [-0.2, 0) is 26.0 Å². The number of rotatable bonds is 6. The van der Waals surface area contributed by atoms with Crippen molar-refractivity contribution in [2.24, 2.45) is 0 Å². The molecule has 23 heavy (non-hydrogen) atoms. The molecule has 1 amide bonds. The fraction of sp³-hybridized carbons (Fsp3) is 0.533. The maximum Gasteiger partial charge on any atom is 0.237 e. The van der Waals surface area contributed by atoms with Gasteiger partial charge < -0.3 is 14.7 Å². The molecule has 0 bridgehead atoms. The van der Waals surface area contributed by atoms with E-state index in [-0.39, 0.29) is 25.6 Å². The van der Waals surface area contributed by atoms with Crippen molar-refractivity contribution in [1.82, 2.24) is 9.62 Å². The highest BCUT2D eigenvalue weighted by atomic mass is 32.2. The molecular weight excluding hydrogens is 320 g/mol. The van der Waals surface area contributed by atoms with Gasteiger partial charge in [-0.1, -0.05) is 30.3 Å². The SMILES string of the molecule is CS(=O)(=O)NCC(=O)N1CCO[C@](CO)(Cc2ccccc2)C1. The van der Waals surface area contributed by atoms with E-state index in [1.807, 2.05) is 30.3 Å². The number of carbonyl (C=O) groups excluding carboxylic acids is 1. The van der Waals surface area contributed by atoms with Gasteiger partial charge in [-0.05, 0) is 5.56 Å². The number of hydrogen-bond acceptors (Lipinski definition) is 5. The Morgan fingerprint density at radius 2 is 2.09 bits per heavy atom. The first kappa shape index (κ1) is 17.9. The summed E-state index contributed by atoms with van der Waals surface area (Å²) in [6.07, 6.45) is 1.49. The van der Waals surface area contributed by atoms with Gasteiger partial charge in [-0.3, -0.25) is 4.79 Å². The molecule has 0 spiro atoms. The van der Waals surface area contributed by atoms with E-state index in [0.29, 0.717) is 19.6 Å². The van der Waals surface area contributed by atoms with E-state index < -0.39 is 15.6 Å². The van der Waals surface area contributed by atoms with Crippen molar-refractivity contribution < 1.29 is 23.1 Å². The summed E-state index contributed by atoms with van der Waals surface area (Å²) in [6, 6.07) is 9.59. The molecule has 1 heterocycles. The highest BCUT2D eigenvalue weighted by Crippen LogP contribution is 2.23. The number of aliphatic hydroxyl groups is 1. The lowest BCUT2D eigenvalue weighted by atomic mass is 9.93. The van der Waals surface area contributed by atoms with Gasteiger partial charge in [0.2, 0.25) is 15.9 Å². The summed E-state index contributed by atoms with van der Waals surface area (Å²) in [5, 5.41) is 9.79. The zero-order chi connectivity index (χ0) is 16.9. The van der Waals surface area contributed by atoms with Crippen molar-refractivity contribution in [3.05, 3.63) is 35.9 Å². The molecule has 0 aliphatic carbocycles. The van der Waals surface area contributed by atoms with E-state index >= 15 is 0 Å². The van der Waals surface area contributed by atoms with E-state index in [2.05, 4.69) is 4.72 Å². The molecule has 7 nitrogen and oxygen atoms in total. The second-order valence-electron chi connectivity index (χ2n) is 5.76. The zero-order valence-corrected chi connectivity index (χ0v) is 13.9. The zero-order valence-electron chi connectivity index (χ0n) is 13.1. The van der Waals surface area contributed by atoms with Crippen LogP contribution in [0.25, 0.3) is 0 Å². The smallest absolute Gasteiger partial charge is 0.237 e. The highest BCUT2D eigenvalue weighted by Gasteiger charge is 2.38. The molecule has 1 atom stereocenters. The number of ether oxygens (including phenoxy) is 1. The van der Waals surface area contributed by atoms with Crippen LogP contribution >= 0.6 is 0 Å². The molecule has 1 aromatic carbocycles. The maximum absolute atomic E-state index is 12.2. The molecular formula is C15H22N2O5S. The molecule has 0 saturated carbocycles. The van der Waals surface area contributed by atoms with Crippen LogP contribution in [0.2, 0.25) is 0 Å². The largest absolute Gasteiger partial charge is 0.393 e. The summed E-state index contributed by atoms with van der Waals surface area (Å²) < 4.78 is 30.1. The summed E-state index contributed by atoms with van der Waals surface area (Å²) in [5.74, 6) is -0.329. The van der Waals surface area contributed by atoms with E-state index in [1.54, 1.807) is 0 Å². The van der Waals surface area contributed by atoms with E-state index in [1.165, 1.54) is 4.90 Å². The van der Waals surface area contributed by atoms with Crippen LogP contribution in [0.5, 0.6) is 0 Å². The van der Waals surface area contributed by atoms with Crippen molar-refractivity contribution in [2.45, 2.75) is 12.0 Å². The third-order valence-corrected chi connectivity index (χ3v) is 4.41. The Labute approximate surface area is 136 Å². The number of nitrogens with zero attached hydrogens (tertiary/aromatic N) is 1. The molecule has 128 valence electrons. The Kier molecular flexibility index (Phi) is 5.74. The van der Waals surface area contributed by atoms with Gasteiger partial charge in [0.05, 0.1) is 32.6 Å². The summed E-state index contributed by atoms with van der Waals surface area (Å²) in [6.45, 7) is 0.401. The molecule has 8 heteroatoms. The minimum Gasteiger partial charge on any atom is -0.393 e. The van der Waals surface area contributed by atoms with Gasteiger partial charge >= 0.3 is 0 Å². The van der Waals surface area contributed by atoms with Gasteiger partial charge in [0, 0.05) is 13.0 Å². The number of amides is 1. The van der Waals surface area contributed by atoms with Crippen LogP contribution in [0.4, 0.5) is 0 Å². The standard InChI is InChI=1S/C15H22N2O5S/c1-23(20,21)16-10-14(19)17-7-8-22-15(11-17,12-18)9-13-5-3-2-4-6-13/h2-6,16,18H,7-12H2,1H3/t15-/m1/s1. The predicted octanol–water partition coefficient (Wildman–Crippen LogP) is -0.632. The Hall–Kier alpha value is -1.48. The lowest BCUT2D eigenvalue weighted by molar-refractivity contribution is -0.156. The van der Waals surface area contributed by atoms with Crippen LogP contribution in [0, 0.1) is 0 Å². The first-order chi connectivity index (χ1) is 10.8. The van der Waals surface area contributed by atoms with Crippen LogP contribution in [0.3, 0.4) is 0 Å². The molecule has 2 N–H and O–H groups in total. The minimum absolute atomic E-state index is 0.217. The summed E-state index contributed by atoms with van der Waals surface area (Å²) in [5.41, 5.74) is 0.144. The second kappa shape index (κ2) is 7.39. The number of aliphatic hydroxyl groups excluding tert-OH is 1. The van der Waals surface area contributed by atoms with Gasteiger partial charge in [0.1, 0.15) is 5.60 Å². The monoisotopic (exact) mass is 342 g/mol. The van der Waals surface area contributed by atoms with Gasteiger partial charge in [0.25, 0.3) is 0 Å². The average Bonchev–Trinajstić information content (AvgIpc) is 2.53. The summed E-state index contributed by atoms with van der Waals surface area (Å²) in [4.78, 5) is 13.7. The van der Waals surface area contributed by atoms with E-state index in [0.717, 1.165) is 11.8 Å². The van der Waals surface area contributed by atoms with Crippen molar-refractivity contribution >= 4 is 15.9 Å². The molecule has 0 unspecified atom stereocenters. The molecule has 1 aromatic rings. The van der Waals surface area contributed by atoms with Gasteiger partial charge in [-0.25, -0.2) is 13.1 Å². The Bertz CT molecular complexity index is 635. The summed E-state index contributed by atoms with van der Waals surface area (Å²) >= 11 is 0. The third-order valence-electron chi connectivity index (χ3n) is 3.74. The van der Waals surface area contributed by atoms with Crippen LogP contribution in [-0.4, -0.2) is 69.0 Å². The van der Waals surface area contributed by atoms with Gasteiger partial charge in [-0.15, -0.1) is 0 Å². The van der Waals surface area contributed by atoms with Gasteiger partial charge in [0.15, 0.2) is 0 Å². The number of hydrogen-bond donors (Lipinski definition) is 2. The third kappa shape index (κ3) is 5.28.